The molecule has 0 bridgehead atoms. The molecule has 0 saturated heterocycles. The first-order valence-corrected chi connectivity index (χ1v) is 11.0. The maximum absolute atomic E-state index is 12.5. The number of carbonyl (C=O) groups is 1. The van der Waals surface area contributed by atoms with Gasteiger partial charge in [0.2, 0.25) is 0 Å². The molecule has 0 spiro atoms. The molecule has 3 aromatic carbocycles. The van der Waals surface area contributed by atoms with Crippen LogP contribution in [0.2, 0.25) is 0 Å². The summed E-state index contributed by atoms with van der Waals surface area (Å²) in [6, 6.07) is 26.5. The van der Waals surface area contributed by atoms with Crippen molar-refractivity contribution in [3.8, 4) is 22.8 Å². The molecule has 1 aromatic heterocycles. The number of nitrogens with zero attached hydrogens (tertiary/aromatic N) is 2. The molecule has 0 aliphatic heterocycles. The molecule has 0 saturated carbocycles. The summed E-state index contributed by atoms with van der Waals surface area (Å²) < 4.78 is 11.2. The number of para-hydroxylation sites is 2. The molecule has 34 heavy (non-hydrogen) atoms. The van der Waals surface area contributed by atoms with E-state index in [1.165, 1.54) is 0 Å². The van der Waals surface area contributed by atoms with E-state index in [-0.39, 0.29) is 12.5 Å². The van der Waals surface area contributed by atoms with Gasteiger partial charge < -0.3 is 20.1 Å². The molecule has 1 heterocycles. The van der Waals surface area contributed by atoms with E-state index in [2.05, 4.69) is 20.6 Å². The molecule has 0 radical (unpaired) electrons. The molecule has 2 N–H and O–H groups in total. The summed E-state index contributed by atoms with van der Waals surface area (Å²) in [6.45, 7) is 4.14. The lowest BCUT2D eigenvalue weighted by molar-refractivity contribution is -0.118. The fourth-order valence-electron chi connectivity index (χ4n) is 3.40. The Hall–Kier alpha value is -4.39. The number of ether oxygens (including phenoxy) is 2. The lowest BCUT2D eigenvalue weighted by Gasteiger charge is -2.12. The number of aryl methyl sites for hydroxylation is 1. The highest BCUT2D eigenvalue weighted by molar-refractivity contribution is 5.92. The third-order valence-electron chi connectivity index (χ3n) is 4.83. The van der Waals surface area contributed by atoms with Crippen LogP contribution in [-0.2, 0) is 4.79 Å². The van der Waals surface area contributed by atoms with Gasteiger partial charge >= 0.3 is 0 Å². The van der Waals surface area contributed by atoms with Crippen LogP contribution >= 0.6 is 0 Å². The van der Waals surface area contributed by atoms with Crippen molar-refractivity contribution in [1.29, 1.82) is 0 Å². The molecule has 7 nitrogen and oxygen atoms in total. The van der Waals surface area contributed by atoms with Crippen LogP contribution in [0.15, 0.2) is 84.9 Å². The SMILES string of the molecule is CCOc1ccccc1OCC(=O)Nc1cccc(Nc2cc(-c3ccccc3)nc(C)n2)c1. The Morgan fingerprint density at radius 2 is 1.53 bits per heavy atom. The van der Waals surface area contributed by atoms with Crippen LogP contribution in [0.5, 0.6) is 11.5 Å². The first-order valence-electron chi connectivity index (χ1n) is 11.0. The molecule has 4 rings (SSSR count). The monoisotopic (exact) mass is 454 g/mol. The highest BCUT2D eigenvalue weighted by Gasteiger charge is 2.09. The molecule has 0 aliphatic rings. The van der Waals surface area contributed by atoms with Gasteiger partial charge in [0.05, 0.1) is 12.3 Å². The summed E-state index contributed by atoms with van der Waals surface area (Å²) in [5.74, 6) is 2.21. The number of nitrogens with one attached hydrogen (secondary N) is 2. The van der Waals surface area contributed by atoms with Crippen LogP contribution in [0.1, 0.15) is 12.7 Å². The first kappa shape index (κ1) is 22.8. The van der Waals surface area contributed by atoms with Crippen LogP contribution in [-0.4, -0.2) is 29.1 Å². The minimum Gasteiger partial charge on any atom is -0.490 e. The second-order valence-electron chi connectivity index (χ2n) is 7.47. The Bertz CT molecular complexity index is 1260. The number of aromatic nitrogens is 2. The Kier molecular flexibility index (Phi) is 7.35. The third-order valence-corrected chi connectivity index (χ3v) is 4.83. The average molecular weight is 455 g/mol. The standard InChI is InChI=1S/C27H26N4O3/c1-3-33-24-14-7-8-15-25(24)34-18-27(32)31-22-13-9-12-21(16-22)30-26-17-23(28-19(2)29-26)20-10-5-4-6-11-20/h4-17H,3,18H2,1-2H3,(H,31,32)(H,28,29,30). The quantitative estimate of drug-likeness (QED) is 0.342. The van der Waals surface area contributed by atoms with Crippen molar-refractivity contribution in [2.75, 3.05) is 23.8 Å². The number of hydrogen-bond acceptors (Lipinski definition) is 6. The van der Waals surface area contributed by atoms with E-state index >= 15 is 0 Å². The van der Waals surface area contributed by atoms with Crippen molar-refractivity contribution in [2.24, 2.45) is 0 Å². The van der Waals surface area contributed by atoms with Crippen LogP contribution in [0.3, 0.4) is 0 Å². The molecule has 1 amide bonds. The van der Waals surface area contributed by atoms with Gasteiger partial charge in [0, 0.05) is 23.0 Å². The predicted molar refractivity (Wildman–Crippen MR) is 134 cm³/mol. The van der Waals surface area contributed by atoms with Gasteiger partial charge in [-0.1, -0.05) is 48.5 Å². The molecule has 0 fully saturated rings. The Balaban J connectivity index is 1.41. The van der Waals surface area contributed by atoms with Crippen molar-refractivity contribution >= 4 is 23.1 Å². The summed E-state index contributed by atoms with van der Waals surface area (Å²) in [7, 11) is 0. The second-order valence-corrected chi connectivity index (χ2v) is 7.47. The number of rotatable bonds is 9. The average Bonchev–Trinajstić information content (AvgIpc) is 2.84. The highest BCUT2D eigenvalue weighted by atomic mass is 16.5. The predicted octanol–water partition coefficient (Wildman–Crippen LogP) is 5.61. The van der Waals surface area contributed by atoms with Crippen molar-refractivity contribution < 1.29 is 14.3 Å². The molecule has 7 heteroatoms. The Labute approximate surface area is 198 Å². The number of benzene rings is 3. The number of anilines is 3. The van der Waals surface area contributed by atoms with Gasteiger partial charge in [-0.05, 0) is 44.2 Å². The van der Waals surface area contributed by atoms with E-state index in [1.807, 2.05) is 92.7 Å². The van der Waals surface area contributed by atoms with Gasteiger partial charge in [0.25, 0.3) is 5.91 Å². The maximum Gasteiger partial charge on any atom is 0.262 e. The van der Waals surface area contributed by atoms with Crippen LogP contribution in [0.25, 0.3) is 11.3 Å². The maximum atomic E-state index is 12.5. The molecular formula is C27H26N4O3. The second kappa shape index (κ2) is 11.0. The normalized spacial score (nSPS) is 10.4. The number of carbonyl (C=O) groups excluding carboxylic acids is 1. The lowest BCUT2D eigenvalue weighted by Crippen LogP contribution is -2.20. The smallest absolute Gasteiger partial charge is 0.262 e. The van der Waals surface area contributed by atoms with Crippen molar-refractivity contribution in [2.45, 2.75) is 13.8 Å². The zero-order valence-corrected chi connectivity index (χ0v) is 19.1. The topological polar surface area (TPSA) is 85.4 Å². The fourth-order valence-corrected chi connectivity index (χ4v) is 3.40. The van der Waals surface area contributed by atoms with Gasteiger partial charge in [0.15, 0.2) is 18.1 Å². The summed E-state index contributed by atoms with van der Waals surface area (Å²) in [5, 5.41) is 6.16. The van der Waals surface area contributed by atoms with E-state index in [0.717, 1.165) is 16.9 Å². The van der Waals surface area contributed by atoms with Crippen molar-refractivity contribution in [1.82, 2.24) is 9.97 Å². The summed E-state index contributed by atoms with van der Waals surface area (Å²) in [4.78, 5) is 21.5. The molecule has 4 aromatic rings. The van der Waals surface area contributed by atoms with Crippen molar-refractivity contribution in [3.05, 3.63) is 90.8 Å². The minimum absolute atomic E-state index is 0.132. The van der Waals surface area contributed by atoms with E-state index in [0.29, 0.717) is 35.4 Å². The first-order chi connectivity index (χ1) is 16.6. The number of hydrogen-bond donors (Lipinski definition) is 2. The van der Waals surface area contributed by atoms with Crippen molar-refractivity contribution in [3.63, 3.8) is 0 Å². The third kappa shape index (κ3) is 6.10. The van der Waals surface area contributed by atoms with Gasteiger partial charge in [-0.2, -0.15) is 0 Å². The van der Waals surface area contributed by atoms with Gasteiger partial charge in [-0.15, -0.1) is 0 Å². The van der Waals surface area contributed by atoms with Gasteiger partial charge in [0.1, 0.15) is 11.6 Å². The van der Waals surface area contributed by atoms with E-state index < -0.39 is 0 Å². The highest BCUT2D eigenvalue weighted by Crippen LogP contribution is 2.27. The zero-order valence-electron chi connectivity index (χ0n) is 19.1. The van der Waals surface area contributed by atoms with Crippen LogP contribution in [0.4, 0.5) is 17.2 Å². The van der Waals surface area contributed by atoms with Crippen LogP contribution in [0, 0.1) is 6.92 Å². The summed E-state index contributed by atoms with van der Waals surface area (Å²) in [5.41, 5.74) is 3.29. The molecule has 0 atom stereocenters. The lowest BCUT2D eigenvalue weighted by atomic mass is 10.1. The Morgan fingerprint density at radius 1 is 0.824 bits per heavy atom. The zero-order chi connectivity index (χ0) is 23.8. The summed E-state index contributed by atoms with van der Waals surface area (Å²) >= 11 is 0. The van der Waals surface area contributed by atoms with E-state index in [1.54, 1.807) is 6.07 Å². The Morgan fingerprint density at radius 3 is 2.29 bits per heavy atom. The van der Waals surface area contributed by atoms with Gasteiger partial charge in [-0.25, -0.2) is 9.97 Å². The van der Waals surface area contributed by atoms with Crippen LogP contribution < -0.4 is 20.1 Å². The minimum atomic E-state index is -0.271. The summed E-state index contributed by atoms with van der Waals surface area (Å²) in [6.07, 6.45) is 0. The molecule has 0 unspecified atom stereocenters. The molecule has 0 aliphatic carbocycles. The van der Waals surface area contributed by atoms with E-state index in [4.69, 9.17) is 9.47 Å². The molecule has 172 valence electrons. The molecular weight excluding hydrogens is 428 g/mol. The fraction of sp³-hybridized carbons (Fsp3) is 0.148. The number of amides is 1. The van der Waals surface area contributed by atoms with E-state index in [9.17, 15) is 4.79 Å². The van der Waals surface area contributed by atoms with Gasteiger partial charge in [-0.3, -0.25) is 4.79 Å². The largest absolute Gasteiger partial charge is 0.490 e.